The predicted molar refractivity (Wildman–Crippen MR) is 49.8 cm³/mol. The number of aryl methyl sites for hydroxylation is 1. The summed E-state index contributed by atoms with van der Waals surface area (Å²) >= 11 is 0. The zero-order valence-electron chi connectivity index (χ0n) is 8.33. The van der Waals surface area contributed by atoms with Crippen LogP contribution < -0.4 is 4.57 Å². The van der Waals surface area contributed by atoms with Gasteiger partial charge in [-0.3, -0.25) is 0 Å². The van der Waals surface area contributed by atoms with E-state index in [0.29, 0.717) is 0 Å². The summed E-state index contributed by atoms with van der Waals surface area (Å²) in [6, 6.07) is 0. The maximum atomic E-state index is 2.25. The first-order chi connectivity index (χ1) is 5.72. The summed E-state index contributed by atoms with van der Waals surface area (Å²) in [6.45, 7) is 8.93. The van der Waals surface area contributed by atoms with E-state index in [2.05, 4.69) is 48.6 Å². The molecule has 2 nitrogen and oxygen atoms in total. The Kier molecular flexibility index (Phi) is 3.32. The molecule has 0 aliphatic rings. The molecule has 1 rings (SSSR count). The Morgan fingerprint density at radius 2 is 2.17 bits per heavy atom. The quantitative estimate of drug-likeness (QED) is 0.605. The minimum absolute atomic E-state index is 0.729. The van der Waals surface area contributed by atoms with Gasteiger partial charge in [-0.2, -0.15) is 0 Å². The first-order valence-electron chi connectivity index (χ1n) is 4.77. The van der Waals surface area contributed by atoms with Gasteiger partial charge in [-0.05, 0) is 12.3 Å². The van der Waals surface area contributed by atoms with Crippen molar-refractivity contribution in [3.05, 3.63) is 18.7 Å². The van der Waals surface area contributed by atoms with E-state index < -0.39 is 0 Å². The van der Waals surface area contributed by atoms with Crippen molar-refractivity contribution >= 4 is 0 Å². The molecule has 0 N–H and O–H groups in total. The molecule has 0 aliphatic carbocycles. The average molecular weight is 167 g/mol. The highest BCUT2D eigenvalue weighted by molar-refractivity contribution is 4.66. The lowest BCUT2D eigenvalue weighted by Gasteiger charge is -1.98. The summed E-state index contributed by atoms with van der Waals surface area (Å²) in [7, 11) is 0. The topological polar surface area (TPSA) is 8.81 Å². The summed E-state index contributed by atoms with van der Waals surface area (Å²) in [5.74, 6) is 0.729. The van der Waals surface area contributed by atoms with Gasteiger partial charge in [-0.1, -0.05) is 20.8 Å². The smallest absolute Gasteiger partial charge is 0.237 e. The molecular formula is C10H19N2+. The van der Waals surface area contributed by atoms with Gasteiger partial charge < -0.3 is 0 Å². The van der Waals surface area contributed by atoms with Crippen LogP contribution in [-0.2, 0) is 13.1 Å². The number of nitrogens with zero attached hydrogens (tertiary/aromatic N) is 2. The van der Waals surface area contributed by atoms with Gasteiger partial charge in [0.2, 0.25) is 6.33 Å². The molecule has 0 spiro atoms. The van der Waals surface area contributed by atoms with Crippen LogP contribution in [0.2, 0.25) is 0 Å². The molecule has 12 heavy (non-hydrogen) atoms. The van der Waals surface area contributed by atoms with Gasteiger partial charge in [-0.25, -0.2) is 9.13 Å². The van der Waals surface area contributed by atoms with Crippen LogP contribution in [0.3, 0.4) is 0 Å². The van der Waals surface area contributed by atoms with Gasteiger partial charge >= 0.3 is 0 Å². The van der Waals surface area contributed by atoms with Crippen molar-refractivity contribution in [2.75, 3.05) is 0 Å². The molecule has 68 valence electrons. The van der Waals surface area contributed by atoms with Crippen LogP contribution in [0.25, 0.3) is 0 Å². The number of rotatable bonds is 4. The van der Waals surface area contributed by atoms with Crippen LogP contribution in [0.4, 0.5) is 0 Å². The van der Waals surface area contributed by atoms with Crippen LogP contribution in [0.1, 0.15) is 27.2 Å². The van der Waals surface area contributed by atoms with E-state index in [1.807, 2.05) is 0 Å². The van der Waals surface area contributed by atoms with Crippen molar-refractivity contribution < 1.29 is 4.57 Å². The van der Waals surface area contributed by atoms with E-state index in [1.54, 1.807) is 0 Å². The van der Waals surface area contributed by atoms with Gasteiger partial charge in [0.25, 0.3) is 0 Å². The van der Waals surface area contributed by atoms with Gasteiger partial charge in [-0.15, -0.1) is 0 Å². The van der Waals surface area contributed by atoms with Crippen molar-refractivity contribution in [1.82, 2.24) is 4.57 Å². The van der Waals surface area contributed by atoms with Crippen molar-refractivity contribution in [3.63, 3.8) is 0 Å². The molecule has 2 heteroatoms. The summed E-state index contributed by atoms with van der Waals surface area (Å²) in [5.41, 5.74) is 0. The molecule has 1 aromatic rings. The molecule has 0 aromatic carbocycles. The summed E-state index contributed by atoms with van der Waals surface area (Å²) in [5, 5.41) is 0. The van der Waals surface area contributed by atoms with E-state index in [9.17, 15) is 0 Å². The second-order valence-corrected chi connectivity index (χ2v) is 3.74. The van der Waals surface area contributed by atoms with Gasteiger partial charge in [0.05, 0.1) is 13.1 Å². The lowest BCUT2D eigenvalue weighted by atomic mass is 10.2. The molecule has 0 radical (unpaired) electrons. The molecule has 0 atom stereocenters. The van der Waals surface area contributed by atoms with Crippen molar-refractivity contribution in [1.29, 1.82) is 0 Å². The normalized spacial score (nSPS) is 11.0. The van der Waals surface area contributed by atoms with Crippen molar-refractivity contribution in [2.45, 2.75) is 40.3 Å². The molecule has 1 aromatic heterocycles. The molecule has 0 fully saturated rings. The van der Waals surface area contributed by atoms with Crippen molar-refractivity contribution in [2.24, 2.45) is 5.92 Å². The largest absolute Gasteiger partial charge is 0.243 e. The van der Waals surface area contributed by atoms with E-state index >= 15 is 0 Å². The number of hydrogen-bond acceptors (Lipinski definition) is 0. The number of hydrogen-bond donors (Lipinski definition) is 0. The van der Waals surface area contributed by atoms with Gasteiger partial charge in [0.1, 0.15) is 12.4 Å². The third-order valence-electron chi connectivity index (χ3n) is 1.80. The predicted octanol–water partition coefficient (Wildman–Crippen LogP) is 1.84. The molecule has 0 amide bonds. The van der Waals surface area contributed by atoms with E-state index in [1.165, 1.54) is 6.42 Å². The van der Waals surface area contributed by atoms with E-state index in [4.69, 9.17) is 0 Å². The third-order valence-corrected chi connectivity index (χ3v) is 1.80. The fourth-order valence-electron chi connectivity index (χ4n) is 1.36. The molecule has 0 aliphatic heterocycles. The second kappa shape index (κ2) is 4.29. The summed E-state index contributed by atoms with van der Waals surface area (Å²) in [6.07, 6.45) is 7.68. The third kappa shape index (κ3) is 2.68. The maximum absolute atomic E-state index is 2.25. The molecule has 0 unspecified atom stereocenters. The fourth-order valence-corrected chi connectivity index (χ4v) is 1.36. The van der Waals surface area contributed by atoms with E-state index in [-0.39, 0.29) is 0 Å². The fraction of sp³-hybridized carbons (Fsp3) is 0.700. The Bertz CT molecular complexity index is 225. The van der Waals surface area contributed by atoms with Crippen LogP contribution >= 0.6 is 0 Å². The van der Waals surface area contributed by atoms with Gasteiger partial charge in [0, 0.05) is 0 Å². The van der Waals surface area contributed by atoms with Crippen LogP contribution in [0, 0.1) is 5.92 Å². The zero-order valence-corrected chi connectivity index (χ0v) is 8.33. The Balaban J connectivity index is 2.52. The maximum Gasteiger partial charge on any atom is 0.243 e. The minimum atomic E-state index is 0.729. The molecular weight excluding hydrogens is 148 g/mol. The molecule has 1 heterocycles. The number of imidazole rings is 1. The van der Waals surface area contributed by atoms with Gasteiger partial charge in [0.15, 0.2) is 0 Å². The Morgan fingerprint density at radius 1 is 1.42 bits per heavy atom. The highest BCUT2D eigenvalue weighted by atomic mass is 15.1. The Morgan fingerprint density at radius 3 is 2.75 bits per heavy atom. The summed E-state index contributed by atoms with van der Waals surface area (Å²) in [4.78, 5) is 0. The SMILES string of the molecule is CCC[n+]1ccn(CC(C)C)c1. The van der Waals surface area contributed by atoms with Crippen LogP contribution in [0.15, 0.2) is 18.7 Å². The molecule has 0 saturated carbocycles. The monoisotopic (exact) mass is 167 g/mol. The minimum Gasteiger partial charge on any atom is -0.237 e. The average Bonchev–Trinajstić information content (AvgIpc) is 2.36. The standard InChI is InChI=1S/C10H19N2/c1-4-5-11-6-7-12(9-11)8-10(2)3/h6-7,9-10H,4-5,8H2,1-3H3/q+1. The molecule has 0 bridgehead atoms. The van der Waals surface area contributed by atoms with Crippen LogP contribution in [0.5, 0.6) is 0 Å². The summed E-state index contributed by atoms with van der Waals surface area (Å²) < 4.78 is 4.49. The molecule has 0 saturated heterocycles. The Hall–Kier alpha value is -0.790. The first kappa shape index (κ1) is 9.30. The lowest BCUT2D eigenvalue weighted by Crippen LogP contribution is -2.30. The zero-order chi connectivity index (χ0) is 8.97. The first-order valence-corrected chi connectivity index (χ1v) is 4.77. The number of aromatic nitrogens is 2. The highest BCUT2D eigenvalue weighted by Crippen LogP contribution is 1.96. The Labute approximate surface area is 74.8 Å². The van der Waals surface area contributed by atoms with E-state index in [0.717, 1.165) is 19.0 Å². The highest BCUT2D eigenvalue weighted by Gasteiger charge is 2.03. The second-order valence-electron chi connectivity index (χ2n) is 3.74. The lowest BCUT2D eigenvalue weighted by molar-refractivity contribution is -0.696. The van der Waals surface area contributed by atoms with Crippen LogP contribution in [-0.4, -0.2) is 4.57 Å². The van der Waals surface area contributed by atoms with Crippen molar-refractivity contribution in [3.8, 4) is 0 Å².